The molecule has 1 amide bonds. The lowest BCUT2D eigenvalue weighted by Gasteiger charge is -2.26. The van der Waals surface area contributed by atoms with E-state index in [2.05, 4.69) is 31.3 Å². The Bertz CT molecular complexity index is 598. The number of carbonyl (C=O) groups is 1. The van der Waals surface area contributed by atoms with Crippen LogP contribution in [-0.4, -0.2) is 5.91 Å². The van der Waals surface area contributed by atoms with Crippen LogP contribution in [0.15, 0.2) is 48.5 Å². The molecule has 2 aromatic rings. The number of nitrogens with one attached hydrogen (secondary N) is 1. The molecule has 0 aliphatic carbocycles. The number of nitrogen functional groups attached to an aromatic ring is 1. The maximum absolute atomic E-state index is 11.0. The molecule has 0 radical (unpaired) electrons. The molecule has 0 atom stereocenters. The van der Waals surface area contributed by atoms with Crippen molar-refractivity contribution in [2.75, 3.05) is 11.1 Å². The van der Waals surface area contributed by atoms with Crippen molar-refractivity contribution in [2.45, 2.75) is 26.2 Å². The highest BCUT2D eigenvalue weighted by Crippen LogP contribution is 2.32. The van der Waals surface area contributed by atoms with Gasteiger partial charge >= 0.3 is 0 Å². The fourth-order valence-corrected chi connectivity index (χ4v) is 2.24. The van der Waals surface area contributed by atoms with Crippen molar-refractivity contribution in [3.8, 4) is 0 Å². The Morgan fingerprint density at radius 2 is 1.40 bits per heavy atom. The molecule has 0 aliphatic rings. The molecule has 0 fully saturated rings. The molecule has 0 aliphatic heterocycles. The van der Waals surface area contributed by atoms with Gasteiger partial charge in [0.2, 0.25) is 5.91 Å². The van der Waals surface area contributed by atoms with Crippen LogP contribution in [0.3, 0.4) is 0 Å². The first-order valence-corrected chi connectivity index (χ1v) is 6.64. The van der Waals surface area contributed by atoms with Crippen molar-refractivity contribution in [1.29, 1.82) is 0 Å². The standard InChI is InChI=1S/C17H20N2O/c1-12(20)19-16-10-6-14(7-11-16)17(2,3)13-4-8-15(18)9-5-13/h4-11H,18H2,1-3H3,(H,19,20). The number of benzene rings is 2. The zero-order chi connectivity index (χ0) is 14.8. The van der Waals surface area contributed by atoms with E-state index in [1.54, 1.807) is 0 Å². The summed E-state index contributed by atoms with van der Waals surface area (Å²) in [5.41, 5.74) is 9.61. The van der Waals surface area contributed by atoms with E-state index in [0.29, 0.717) is 0 Å². The van der Waals surface area contributed by atoms with E-state index in [4.69, 9.17) is 5.73 Å². The molecule has 3 nitrogen and oxygen atoms in total. The summed E-state index contributed by atoms with van der Waals surface area (Å²) < 4.78 is 0. The molecule has 0 unspecified atom stereocenters. The summed E-state index contributed by atoms with van der Waals surface area (Å²) in [4.78, 5) is 11.0. The summed E-state index contributed by atoms with van der Waals surface area (Å²) in [7, 11) is 0. The minimum Gasteiger partial charge on any atom is -0.399 e. The van der Waals surface area contributed by atoms with Crippen LogP contribution in [0.25, 0.3) is 0 Å². The summed E-state index contributed by atoms with van der Waals surface area (Å²) in [5.74, 6) is -0.0597. The van der Waals surface area contributed by atoms with Gasteiger partial charge in [-0.1, -0.05) is 38.1 Å². The maximum Gasteiger partial charge on any atom is 0.221 e. The number of anilines is 2. The zero-order valence-corrected chi connectivity index (χ0v) is 12.1. The first kappa shape index (κ1) is 14.1. The van der Waals surface area contributed by atoms with E-state index < -0.39 is 0 Å². The van der Waals surface area contributed by atoms with Crippen molar-refractivity contribution >= 4 is 17.3 Å². The van der Waals surface area contributed by atoms with Crippen LogP contribution in [0.5, 0.6) is 0 Å². The molecule has 0 saturated carbocycles. The monoisotopic (exact) mass is 268 g/mol. The molecule has 0 saturated heterocycles. The Morgan fingerprint density at radius 1 is 0.950 bits per heavy atom. The van der Waals surface area contributed by atoms with Gasteiger partial charge in [0, 0.05) is 23.7 Å². The van der Waals surface area contributed by atoms with Crippen LogP contribution in [0.2, 0.25) is 0 Å². The summed E-state index contributed by atoms with van der Waals surface area (Å²) >= 11 is 0. The van der Waals surface area contributed by atoms with Crippen molar-refractivity contribution < 1.29 is 4.79 Å². The number of carbonyl (C=O) groups excluding carboxylic acids is 1. The topological polar surface area (TPSA) is 55.1 Å². The molecule has 2 aromatic carbocycles. The molecular formula is C17H20N2O. The highest BCUT2D eigenvalue weighted by Gasteiger charge is 2.22. The average Bonchev–Trinajstić information content (AvgIpc) is 2.39. The quantitative estimate of drug-likeness (QED) is 0.836. The second-order valence-electron chi connectivity index (χ2n) is 5.51. The predicted octanol–water partition coefficient (Wildman–Crippen LogP) is 3.55. The minimum atomic E-state index is -0.109. The van der Waals surface area contributed by atoms with Gasteiger partial charge in [-0.2, -0.15) is 0 Å². The summed E-state index contributed by atoms with van der Waals surface area (Å²) in [6.45, 7) is 5.85. The normalized spacial score (nSPS) is 11.2. The highest BCUT2D eigenvalue weighted by atomic mass is 16.1. The van der Waals surface area contributed by atoms with Gasteiger partial charge in [0.1, 0.15) is 0 Å². The van der Waals surface area contributed by atoms with Crippen LogP contribution >= 0.6 is 0 Å². The Morgan fingerprint density at radius 3 is 1.85 bits per heavy atom. The Hall–Kier alpha value is -2.29. The molecular weight excluding hydrogens is 248 g/mol. The third-order valence-corrected chi connectivity index (χ3v) is 3.56. The van der Waals surface area contributed by atoms with Gasteiger partial charge in [-0.25, -0.2) is 0 Å². The molecule has 104 valence electrons. The lowest BCUT2D eigenvalue weighted by molar-refractivity contribution is -0.114. The van der Waals surface area contributed by atoms with E-state index in [-0.39, 0.29) is 11.3 Å². The Labute approximate surface area is 119 Å². The lowest BCUT2D eigenvalue weighted by atomic mass is 9.78. The predicted molar refractivity (Wildman–Crippen MR) is 83.7 cm³/mol. The molecule has 0 spiro atoms. The smallest absolute Gasteiger partial charge is 0.221 e. The zero-order valence-electron chi connectivity index (χ0n) is 12.1. The molecule has 0 heterocycles. The first-order chi connectivity index (χ1) is 9.39. The summed E-state index contributed by atoms with van der Waals surface area (Å²) in [6.07, 6.45) is 0. The molecule has 0 bridgehead atoms. The van der Waals surface area contributed by atoms with Gasteiger partial charge in [-0.3, -0.25) is 4.79 Å². The molecule has 2 rings (SSSR count). The SMILES string of the molecule is CC(=O)Nc1ccc(C(C)(C)c2ccc(N)cc2)cc1. The summed E-state index contributed by atoms with van der Waals surface area (Å²) in [6, 6.07) is 15.9. The van der Waals surface area contributed by atoms with E-state index in [0.717, 1.165) is 11.4 Å². The average molecular weight is 268 g/mol. The van der Waals surface area contributed by atoms with Crippen LogP contribution in [0.1, 0.15) is 31.9 Å². The second-order valence-corrected chi connectivity index (χ2v) is 5.51. The number of amides is 1. The van der Waals surface area contributed by atoms with Gasteiger partial charge in [0.15, 0.2) is 0 Å². The molecule has 3 N–H and O–H groups in total. The van der Waals surface area contributed by atoms with E-state index in [9.17, 15) is 4.79 Å². The van der Waals surface area contributed by atoms with E-state index in [1.165, 1.54) is 18.1 Å². The third kappa shape index (κ3) is 2.99. The molecule has 3 heteroatoms. The fourth-order valence-electron chi connectivity index (χ4n) is 2.24. The molecule has 20 heavy (non-hydrogen) atoms. The van der Waals surface area contributed by atoms with Gasteiger partial charge in [0.05, 0.1) is 0 Å². The maximum atomic E-state index is 11.0. The molecule has 0 aromatic heterocycles. The number of hydrogen-bond acceptors (Lipinski definition) is 2. The van der Waals surface area contributed by atoms with Gasteiger partial charge in [-0.15, -0.1) is 0 Å². The van der Waals surface area contributed by atoms with Gasteiger partial charge in [0.25, 0.3) is 0 Å². The Balaban J connectivity index is 2.29. The van der Waals surface area contributed by atoms with E-state index >= 15 is 0 Å². The van der Waals surface area contributed by atoms with Gasteiger partial charge < -0.3 is 11.1 Å². The second kappa shape index (κ2) is 5.37. The fraction of sp³-hybridized carbons (Fsp3) is 0.235. The van der Waals surface area contributed by atoms with Crippen LogP contribution in [0.4, 0.5) is 11.4 Å². The third-order valence-electron chi connectivity index (χ3n) is 3.56. The largest absolute Gasteiger partial charge is 0.399 e. The number of nitrogens with two attached hydrogens (primary N) is 1. The summed E-state index contributed by atoms with van der Waals surface area (Å²) in [5, 5.41) is 2.78. The first-order valence-electron chi connectivity index (χ1n) is 6.64. The van der Waals surface area contributed by atoms with Crippen molar-refractivity contribution in [3.63, 3.8) is 0 Å². The Kier molecular flexibility index (Phi) is 3.79. The van der Waals surface area contributed by atoms with Crippen LogP contribution < -0.4 is 11.1 Å². The highest BCUT2D eigenvalue weighted by molar-refractivity contribution is 5.88. The van der Waals surface area contributed by atoms with Crippen LogP contribution in [0, 0.1) is 0 Å². The lowest BCUT2D eigenvalue weighted by Crippen LogP contribution is -2.19. The van der Waals surface area contributed by atoms with Crippen molar-refractivity contribution in [2.24, 2.45) is 0 Å². The van der Waals surface area contributed by atoms with Crippen LogP contribution in [-0.2, 0) is 10.2 Å². The van der Waals surface area contributed by atoms with Crippen molar-refractivity contribution in [1.82, 2.24) is 0 Å². The number of rotatable bonds is 3. The van der Waals surface area contributed by atoms with E-state index in [1.807, 2.05) is 36.4 Å². The minimum absolute atomic E-state index is 0.0597. The number of hydrogen-bond donors (Lipinski definition) is 2. The van der Waals surface area contributed by atoms with Gasteiger partial charge in [-0.05, 0) is 35.4 Å². The van der Waals surface area contributed by atoms with Crippen molar-refractivity contribution in [3.05, 3.63) is 59.7 Å².